The van der Waals surface area contributed by atoms with Gasteiger partial charge in [0.2, 0.25) is 0 Å². The zero-order chi connectivity index (χ0) is 11.0. The smallest absolute Gasteiger partial charge is 0.320 e. The molecule has 0 aliphatic rings. The van der Waals surface area contributed by atoms with Crippen molar-refractivity contribution in [3.05, 3.63) is 0 Å². The summed E-state index contributed by atoms with van der Waals surface area (Å²) in [6.07, 6.45) is -0.0495. The summed E-state index contributed by atoms with van der Waals surface area (Å²) in [5.74, 6) is -0.219. The van der Waals surface area contributed by atoms with Crippen molar-refractivity contribution in [2.45, 2.75) is 39.8 Å². The number of carbonyl (C=O) groups is 1. The van der Waals surface area contributed by atoms with Crippen LogP contribution in [0.1, 0.15) is 27.7 Å². The molecule has 0 aliphatic carbocycles. The van der Waals surface area contributed by atoms with Crippen molar-refractivity contribution in [3.8, 4) is 0 Å². The molecule has 4 nitrogen and oxygen atoms in total. The molecule has 0 spiro atoms. The highest BCUT2D eigenvalue weighted by Crippen LogP contribution is 1.89. The lowest BCUT2D eigenvalue weighted by Gasteiger charge is -2.13. The number of hydrogen-bond donors (Lipinski definition) is 1. The van der Waals surface area contributed by atoms with Crippen molar-refractivity contribution in [1.82, 2.24) is 5.32 Å². The summed E-state index contributed by atoms with van der Waals surface area (Å²) < 4.78 is 10.2. The Morgan fingerprint density at radius 3 is 2.50 bits per heavy atom. The molecule has 14 heavy (non-hydrogen) atoms. The molecule has 84 valence electrons. The lowest BCUT2D eigenvalue weighted by atomic mass is 10.3. The van der Waals surface area contributed by atoms with Gasteiger partial charge < -0.3 is 14.8 Å². The number of ether oxygens (including phenoxy) is 2. The van der Waals surface area contributed by atoms with Crippen LogP contribution in [-0.2, 0) is 14.3 Å². The highest BCUT2D eigenvalue weighted by atomic mass is 16.5. The second-order valence-corrected chi connectivity index (χ2v) is 3.48. The Morgan fingerprint density at radius 2 is 2.00 bits per heavy atom. The van der Waals surface area contributed by atoms with Crippen molar-refractivity contribution < 1.29 is 14.3 Å². The van der Waals surface area contributed by atoms with Gasteiger partial charge in [0, 0.05) is 12.6 Å². The van der Waals surface area contributed by atoms with Gasteiger partial charge in [0.1, 0.15) is 0 Å². The summed E-state index contributed by atoms with van der Waals surface area (Å²) in [5.41, 5.74) is 0. The minimum Gasteiger partial charge on any atom is -0.462 e. The average Bonchev–Trinajstić information content (AvgIpc) is 2.10. The van der Waals surface area contributed by atoms with E-state index in [0.717, 1.165) is 0 Å². The predicted molar refractivity (Wildman–Crippen MR) is 55.2 cm³/mol. The minimum absolute atomic E-state index is 0.0495. The molecule has 4 heteroatoms. The van der Waals surface area contributed by atoms with Gasteiger partial charge in [-0.15, -0.1) is 0 Å². The van der Waals surface area contributed by atoms with E-state index in [-0.39, 0.29) is 24.7 Å². The SMILES string of the molecule is CCOCC(C)NCC(=O)OC(C)C. The van der Waals surface area contributed by atoms with Crippen LogP contribution in [0.25, 0.3) is 0 Å². The van der Waals surface area contributed by atoms with E-state index in [2.05, 4.69) is 5.32 Å². The van der Waals surface area contributed by atoms with Crippen LogP contribution in [0, 0.1) is 0 Å². The second kappa shape index (κ2) is 7.76. The molecule has 0 saturated carbocycles. The third kappa shape index (κ3) is 8.01. The summed E-state index contributed by atoms with van der Waals surface area (Å²) in [5, 5.41) is 3.02. The van der Waals surface area contributed by atoms with Gasteiger partial charge in [0.25, 0.3) is 0 Å². The number of hydrogen-bond acceptors (Lipinski definition) is 4. The van der Waals surface area contributed by atoms with Gasteiger partial charge >= 0.3 is 5.97 Å². The average molecular weight is 203 g/mol. The number of esters is 1. The molecule has 1 N–H and O–H groups in total. The maximum absolute atomic E-state index is 11.1. The number of rotatable bonds is 7. The molecule has 0 amide bonds. The van der Waals surface area contributed by atoms with E-state index in [1.165, 1.54) is 0 Å². The van der Waals surface area contributed by atoms with Gasteiger partial charge in [-0.1, -0.05) is 0 Å². The lowest BCUT2D eigenvalue weighted by Crippen LogP contribution is -2.36. The largest absolute Gasteiger partial charge is 0.462 e. The van der Waals surface area contributed by atoms with Crippen molar-refractivity contribution in [2.24, 2.45) is 0 Å². The first-order valence-electron chi connectivity index (χ1n) is 5.06. The highest BCUT2D eigenvalue weighted by molar-refractivity contribution is 5.71. The Balaban J connectivity index is 3.45. The molecule has 0 aromatic carbocycles. The molecule has 0 radical (unpaired) electrons. The second-order valence-electron chi connectivity index (χ2n) is 3.48. The molecule has 1 atom stereocenters. The Morgan fingerprint density at radius 1 is 1.36 bits per heavy atom. The summed E-state index contributed by atoms with van der Waals surface area (Å²) in [4.78, 5) is 11.1. The van der Waals surface area contributed by atoms with Crippen molar-refractivity contribution in [1.29, 1.82) is 0 Å². The Hall–Kier alpha value is -0.610. The summed E-state index contributed by atoms with van der Waals surface area (Å²) >= 11 is 0. The van der Waals surface area contributed by atoms with Gasteiger partial charge in [-0.3, -0.25) is 4.79 Å². The van der Waals surface area contributed by atoms with Crippen molar-refractivity contribution in [3.63, 3.8) is 0 Å². The van der Waals surface area contributed by atoms with E-state index in [1.807, 2.05) is 27.7 Å². The minimum atomic E-state index is -0.219. The fraction of sp³-hybridized carbons (Fsp3) is 0.900. The zero-order valence-electron chi connectivity index (χ0n) is 9.50. The molecule has 0 rings (SSSR count). The predicted octanol–water partition coefficient (Wildman–Crippen LogP) is 0.953. The Kier molecular flexibility index (Phi) is 7.42. The Bertz CT molecular complexity index is 159. The first-order chi connectivity index (χ1) is 6.56. The fourth-order valence-corrected chi connectivity index (χ4v) is 0.916. The third-order valence-corrected chi connectivity index (χ3v) is 1.53. The van der Waals surface area contributed by atoms with E-state index in [9.17, 15) is 4.79 Å². The number of carbonyl (C=O) groups excluding carboxylic acids is 1. The number of nitrogens with one attached hydrogen (secondary N) is 1. The van der Waals surface area contributed by atoms with Crippen LogP contribution in [0.15, 0.2) is 0 Å². The quantitative estimate of drug-likeness (QED) is 0.626. The van der Waals surface area contributed by atoms with Gasteiger partial charge in [-0.25, -0.2) is 0 Å². The molecule has 0 aliphatic heterocycles. The van der Waals surface area contributed by atoms with E-state index in [0.29, 0.717) is 13.2 Å². The van der Waals surface area contributed by atoms with Crippen molar-refractivity contribution in [2.75, 3.05) is 19.8 Å². The van der Waals surface area contributed by atoms with E-state index in [1.54, 1.807) is 0 Å². The van der Waals surface area contributed by atoms with Crippen molar-refractivity contribution >= 4 is 5.97 Å². The van der Waals surface area contributed by atoms with Gasteiger partial charge in [-0.2, -0.15) is 0 Å². The van der Waals surface area contributed by atoms with E-state index < -0.39 is 0 Å². The third-order valence-electron chi connectivity index (χ3n) is 1.53. The molecule has 0 aromatic rings. The summed E-state index contributed by atoms with van der Waals surface area (Å²) in [7, 11) is 0. The summed E-state index contributed by atoms with van der Waals surface area (Å²) in [6, 6.07) is 0.176. The Labute approximate surface area is 86.0 Å². The summed E-state index contributed by atoms with van der Waals surface area (Å²) in [6.45, 7) is 9.14. The maximum atomic E-state index is 11.1. The van der Waals surface area contributed by atoms with Crippen LogP contribution in [0.3, 0.4) is 0 Å². The lowest BCUT2D eigenvalue weighted by molar-refractivity contribution is -0.146. The van der Waals surface area contributed by atoms with E-state index >= 15 is 0 Å². The molecule has 0 aromatic heterocycles. The van der Waals surface area contributed by atoms with Gasteiger partial charge in [-0.05, 0) is 27.7 Å². The topological polar surface area (TPSA) is 47.6 Å². The molecule has 1 unspecified atom stereocenters. The first kappa shape index (κ1) is 13.4. The van der Waals surface area contributed by atoms with Crippen LogP contribution in [-0.4, -0.2) is 37.9 Å². The molecule has 0 bridgehead atoms. The van der Waals surface area contributed by atoms with Gasteiger partial charge in [0.05, 0.1) is 19.3 Å². The monoisotopic (exact) mass is 203 g/mol. The molecular weight excluding hydrogens is 182 g/mol. The molecule has 0 saturated heterocycles. The fourth-order valence-electron chi connectivity index (χ4n) is 0.916. The zero-order valence-corrected chi connectivity index (χ0v) is 9.50. The van der Waals surface area contributed by atoms with Crippen LogP contribution >= 0.6 is 0 Å². The van der Waals surface area contributed by atoms with Crippen LogP contribution in [0.2, 0.25) is 0 Å². The normalized spacial score (nSPS) is 12.9. The highest BCUT2D eigenvalue weighted by Gasteiger charge is 2.07. The molecule has 0 heterocycles. The van der Waals surface area contributed by atoms with Gasteiger partial charge in [0.15, 0.2) is 0 Å². The molecule has 0 fully saturated rings. The molecular formula is C10H21NO3. The van der Waals surface area contributed by atoms with E-state index in [4.69, 9.17) is 9.47 Å². The first-order valence-corrected chi connectivity index (χ1v) is 5.06. The van der Waals surface area contributed by atoms with Crippen LogP contribution < -0.4 is 5.32 Å². The maximum Gasteiger partial charge on any atom is 0.320 e. The van der Waals surface area contributed by atoms with Crippen LogP contribution in [0.5, 0.6) is 0 Å². The van der Waals surface area contributed by atoms with Crippen LogP contribution in [0.4, 0.5) is 0 Å². The standard InChI is InChI=1S/C10H21NO3/c1-5-13-7-9(4)11-6-10(12)14-8(2)3/h8-9,11H,5-7H2,1-4H3.